The third kappa shape index (κ3) is 2.36. The molecule has 5 nitrogen and oxygen atoms in total. The van der Waals surface area contributed by atoms with Gasteiger partial charge in [0.1, 0.15) is 11.7 Å². The normalized spacial score (nSPS) is 14.9. The number of nitrogens with zero attached hydrogens (tertiary/aromatic N) is 3. The van der Waals surface area contributed by atoms with E-state index < -0.39 is 0 Å². The van der Waals surface area contributed by atoms with Crippen molar-refractivity contribution in [3.05, 3.63) is 23.9 Å². The number of hydrogen-bond donors (Lipinski definition) is 1. The minimum atomic E-state index is -0.0854. The molecule has 1 aliphatic rings. The van der Waals surface area contributed by atoms with Gasteiger partial charge in [-0.1, -0.05) is 6.07 Å². The predicted molar refractivity (Wildman–Crippen MR) is 62.2 cm³/mol. The molecular formula is C11H14N4O. The van der Waals surface area contributed by atoms with Crippen molar-refractivity contribution in [2.24, 2.45) is 5.10 Å². The fourth-order valence-electron chi connectivity index (χ4n) is 1.59. The molecule has 0 fully saturated rings. The molecule has 0 bridgehead atoms. The van der Waals surface area contributed by atoms with Crippen LogP contribution < -0.4 is 10.3 Å². The summed E-state index contributed by atoms with van der Waals surface area (Å²) in [6.07, 6.45) is 0.745. The van der Waals surface area contributed by atoms with Crippen LogP contribution in [0.25, 0.3) is 0 Å². The monoisotopic (exact) mass is 218 g/mol. The Hall–Kier alpha value is -1.91. The number of aryl methyl sites for hydroxylation is 1. The molecule has 0 saturated carbocycles. The highest BCUT2D eigenvalue weighted by Gasteiger charge is 2.17. The van der Waals surface area contributed by atoms with Crippen molar-refractivity contribution < 1.29 is 4.79 Å². The van der Waals surface area contributed by atoms with Crippen molar-refractivity contribution >= 4 is 17.6 Å². The van der Waals surface area contributed by atoms with Crippen molar-refractivity contribution in [2.75, 3.05) is 11.6 Å². The molecule has 1 aromatic heterocycles. The van der Waals surface area contributed by atoms with Crippen LogP contribution in [0, 0.1) is 6.92 Å². The van der Waals surface area contributed by atoms with Crippen LogP contribution in [0.15, 0.2) is 23.3 Å². The van der Waals surface area contributed by atoms with Gasteiger partial charge in [0, 0.05) is 19.0 Å². The summed E-state index contributed by atoms with van der Waals surface area (Å²) in [5.41, 5.74) is 0.959. The second-order valence-electron chi connectivity index (χ2n) is 3.74. The molecule has 1 N–H and O–H groups in total. The first kappa shape index (κ1) is 10.6. The van der Waals surface area contributed by atoms with Crippen LogP contribution in [0.3, 0.4) is 0 Å². The number of hydrogen-bond acceptors (Lipinski definition) is 4. The number of aromatic nitrogens is 1. The smallest absolute Gasteiger partial charge is 0.222 e. The molecule has 0 atom stereocenters. The van der Waals surface area contributed by atoms with Crippen LogP contribution in [-0.2, 0) is 4.79 Å². The summed E-state index contributed by atoms with van der Waals surface area (Å²) in [7, 11) is 0. The Bertz CT molecular complexity index is 441. The van der Waals surface area contributed by atoms with E-state index >= 15 is 0 Å². The van der Waals surface area contributed by atoms with Crippen molar-refractivity contribution in [3.63, 3.8) is 0 Å². The van der Waals surface area contributed by atoms with E-state index in [0.717, 1.165) is 24.5 Å². The number of amides is 1. The molecule has 0 aromatic carbocycles. The predicted octanol–water partition coefficient (Wildman–Crippen LogP) is 1.05. The van der Waals surface area contributed by atoms with Crippen LogP contribution in [0.5, 0.6) is 0 Å². The van der Waals surface area contributed by atoms with Gasteiger partial charge in [0.25, 0.3) is 0 Å². The van der Waals surface area contributed by atoms with Crippen LogP contribution in [0.1, 0.15) is 19.0 Å². The lowest BCUT2D eigenvalue weighted by atomic mass is 10.3. The highest BCUT2D eigenvalue weighted by atomic mass is 16.1. The van der Waals surface area contributed by atoms with E-state index in [-0.39, 0.29) is 5.91 Å². The molecule has 0 saturated heterocycles. The van der Waals surface area contributed by atoms with E-state index in [4.69, 9.17) is 0 Å². The Morgan fingerprint density at radius 1 is 1.50 bits per heavy atom. The van der Waals surface area contributed by atoms with Crippen molar-refractivity contribution in [1.29, 1.82) is 0 Å². The van der Waals surface area contributed by atoms with Gasteiger partial charge in [0.2, 0.25) is 5.91 Å². The Morgan fingerprint density at radius 3 is 3.00 bits per heavy atom. The summed E-state index contributed by atoms with van der Waals surface area (Å²) in [6, 6.07) is 5.80. The zero-order chi connectivity index (χ0) is 11.5. The van der Waals surface area contributed by atoms with Gasteiger partial charge in [-0.15, -0.1) is 0 Å². The number of amidine groups is 1. The summed E-state index contributed by atoms with van der Waals surface area (Å²) in [4.78, 5) is 15.2. The van der Waals surface area contributed by atoms with Crippen LogP contribution in [0.2, 0.25) is 0 Å². The lowest BCUT2D eigenvalue weighted by Crippen LogP contribution is -2.26. The van der Waals surface area contributed by atoms with E-state index in [1.165, 1.54) is 6.92 Å². The highest BCUT2D eigenvalue weighted by molar-refractivity contribution is 5.98. The Morgan fingerprint density at radius 2 is 2.31 bits per heavy atom. The Kier molecular flexibility index (Phi) is 2.85. The number of nitrogens with one attached hydrogen (secondary N) is 1. The third-order valence-corrected chi connectivity index (χ3v) is 2.26. The average Bonchev–Trinajstić information content (AvgIpc) is 2.65. The summed E-state index contributed by atoms with van der Waals surface area (Å²) >= 11 is 0. The van der Waals surface area contributed by atoms with Crippen molar-refractivity contribution in [2.45, 2.75) is 20.3 Å². The SMILES string of the molecule is CC(=O)NC1=NN(c2cccc(C)n2)CC1. The Labute approximate surface area is 94.2 Å². The minimum absolute atomic E-state index is 0.0854. The van der Waals surface area contributed by atoms with Crippen LogP contribution in [0.4, 0.5) is 5.82 Å². The second kappa shape index (κ2) is 4.30. The first-order chi connectivity index (χ1) is 7.65. The van der Waals surface area contributed by atoms with Gasteiger partial charge in [0.15, 0.2) is 0 Å². The molecule has 16 heavy (non-hydrogen) atoms. The van der Waals surface area contributed by atoms with E-state index in [0.29, 0.717) is 5.84 Å². The van der Waals surface area contributed by atoms with Gasteiger partial charge >= 0.3 is 0 Å². The molecule has 84 valence electrons. The number of carbonyl (C=O) groups excluding carboxylic acids is 1. The fourth-order valence-corrected chi connectivity index (χ4v) is 1.59. The van der Waals surface area contributed by atoms with Crippen molar-refractivity contribution in [3.8, 4) is 0 Å². The molecule has 1 amide bonds. The van der Waals surface area contributed by atoms with Gasteiger partial charge < -0.3 is 5.32 Å². The summed E-state index contributed by atoms with van der Waals surface area (Å²) in [5.74, 6) is 1.44. The maximum absolute atomic E-state index is 10.9. The first-order valence-electron chi connectivity index (χ1n) is 5.21. The van der Waals surface area contributed by atoms with Crippen LogP contribution >= 0.6 is 0 Å². The van der Waals surface area contributed by atoms with E-state index in [2.05, 4.69) is 15.4 Å². The molecule has 0 unspecified atom stereocenters. The molecule has 0 aliphatic carbocycles. The van der Waals surface area contributed by atoms with Gasteiger partial charge in [-0.05, 0) is 19.1 Å². The van der Waals surface area contributed by atoms with Crippen LogP contribution in [-0.4, -0.2) is 23.3 Å². The van der Waals surface area contributed by atoms with Gasteiger partial charge in [-0.25, -0.2) is 9.99 Å². The molecule has 1 aromatic rings. The van der Waals surface area contributed by atoms with Crippen molar-refractivity contribution in [1.82, 2.24) is 10.3 Å². The molecule has 2 heterocycles. The zero-order valence-electron chi connectivity index (χ0n) is 9.40. The topological polar surface area (TPSA) is 57.6 Å². The van der Waals surface area contributed by atoms with Gasteiger partial charge in [0.05, 0.1) is 6.54 Å². The largest absolute Gasteiger partial charge is 0.313 e. The quantitative estimate of drug-likeness (QED) is 0.766. The fraction of sp³-hybridized carbons (Fsp3) is 0.364. The summed E-state index contributed by atoms with van der Waals surface area (Å²) < 4.78 is 0. The maximum atomic E-state index is 10.9. The second-order valence-corrected chi connectivity index (χ2v) is 3.74. The number of anilines is 1. The van der Waals surface area contributed by atoms with E-state index in [1.807, 2.05) is 25.1 Å². The van der Waals surface area contributed by atoms with E-state index in [9.17, 15) is 4.79 Å². The molecule has 0 spiro atoms. The number of hydrazone groups is 1. The number of pyridine rings is 1. The molecule has 5 heteroatoms. The average molecular weight is 218 g/mol. The van der Waals surface area contributed by atoms with Gasteiger partial charge in [-0.2, -0.15) is 5.10 Å². The molecule has 2 rings (SSSR count). The lowest BCUT2D eigenvalue weighted by molar-refractivity contribution is -0.117. The van der Waals surface area contributed by atoms with Gasteiger partial charge in [-0.3, -0.25) is 4.79 Å². The Balaban J connectivity index is 2.13. The third-order valence-electron chi connectivity index (χ3n) is 2.26. The zero-order valence-corrected chi connectivity index (χ0v) is 9.40. The molecule has 0 radical (unpaired) electrons. The molecular weight excluding hydrogens is 204 g/mol. The molecule has 1 aliphatic heterocycles. The minimum Gasteiger partial charge on any atom is -0.313 e. The van der Waals surface area contributed by atoms with E-state index in [1.54, 1.807) is 5.01 Å². The number of carbonyl (C=O) groups is 1. The standard InChI is InChI=1S/C11H14N4O/c1-8-4-3-5-11(12-8)15-7-6-10(14-15)13-9(2)16/h3-5H,6-7H2,1-2H3,(H,13,14,16). The number of rotatable bonds is 1. The summed E-state index contributed by atoms with van der Waals surface area (Å²) in [5, 5.41) is 8.80. The first-order valence-corrected chi connectivity index (χ1v) is 5.21. The highest BCUT2D eigenvalue weighted by Crippen LogP contribution is 2.16. The maximum Gasteiger partial charge on any atom is 0.222 e. The lowest BCUT2D eigenvalue weighted by Gasteiger charge is -2.11. The summed E-state index contributed by atoms with van der Waals surface area (Å²) in [6.45, 7) is 4.18.